The SMILES string of the molecule is CCCCOCC(O)COc1c2ccccc2cc2ccc(S(=O)(=O)O)cc12. The lowest BCUT2D eigenvalue weighted by molar-refractivity contribution is 0.0119. The summed E-state index contributed by atoms with van der Waals surface area (Å²) in [6.45, 7) is 2.82. The molecule has 0 amide bonds. The second-order valence-electron chi connectivity index (χ2n) is 6.68. The van der Waals surface area contributed by atoms with Crippen molar-refractivity contribution in [1.82, 2.24) is 0 Å². The number of aliphatic hydroxyl groups is 1. The van der Waals surface area contributed by atoms with E-state index in [0.717, 1.165) is 29.0 Å². The second kappa shape index (κ2) is 8.87. The number of unbranched alkanes of at least 4 members (excludes halogenated alkanes) is 1. The molecule has 3 aromatic carbocycles. The van der Waals surface area contributed by atoms with Gasteiger partial charge in [-0.05, 0) is 35.4 Å². The molecule has 150 valence electrons. The molecule has 0 radical (unpaired) electrons. The Morgan fingerprint density at radius 1 is 1.00 bits per heavy atom. The van der Waals surface area contributed by atoms with Crippen LogP contribution in [0.1, 0.15) is 19.8 Å². The molecule has 0 saturated carbocycles. The zero-order valence-corrected chi connectivity index (χ0v) is 16.5. The predicted molar refractivity (Wildman–Crippen MR) is 108 cm³/mol. The fraction of sp³-hybridized carbons (Fsp3) is 0.333. The molecule has 28 heavy (non-hydrogen) atoms. The van der Waals surface area contributed by atoms with Gasteiger partial charge in [0, 0.05) is 17.4 Å². The van der Waals surface area contributed by atoms with Crippen LogP contribution in [0.25, 0.3) is 21.5 Å². The van der Waals surface area contributed by atoms with Crippen molar-refractivity contribution in [3.05, 3.63) is 48.5 Å². The molecular weight excluding hydrogens is 380 g/mol. The van der Waals surface area contributed by atoms with Crippen LogP contribution >= 0.6 is 0 Å². The van der Waals surface area contributed by atoms with Crippen LogP contribution in [0.15, 0.2) is 53.4 Å². The first-order valence-electron chi connectivity index (χ1n) is 9.21. The highest BCUT2D eigenvalue weighted by molar-refractivity contribution is 7.85. The smallest absolute Gasteiger partial charge is 0.294 e. The van der Waals surface area contributed by atoms with Crippen molar-refractivity contribution < 1.29 is 27.6 Å². The van der Waals surface area contributed by atoms with Crippen LogP contribution in [0.3, 0.4) is 0 Å². The van der Waals surface area contributed by atoms with Gasteiger partial charge in [0.25, 0.3) is 10.1 Å². The highest BCUT2D eigenvalue weighted by Gasteiger charge is 2.16. The van der Waals surface area contributed by atoms with Gasteiger partial charge >= 0.3 is 0 Å². The second-order valence-corrected chi connectivity index (χ2v) is 8.10. The van der Waals surface area contributed by atoms with Crippen LogP contribution in [0.4, 0.5) is 0 Å². The Morgan fingerprint density at radius 2 is 1.75 bits per heavy atom. The summed E-state index contributed by atoms with van der Waals surface area (Å²) in [5.41, 5.74) is 0. The minimum absolute atomic E-state index is 0.00529. The average Bonchev–Trinajstić information content (AvgIpc) is 2.67. The lowest BCUT2D eigenvalue weighted by atomic mass is 10.0. The van der Waals surface area contributed by atoms with Crippen molar-refractivity contribution in [3.8, 4) is 5.75 Å². The van der Waals surface area contributed by atoms with E-state index < -0.39 is 16.2 Å². The molecule has 0 aliphatic heterocycles. The zero-order valence-electron chi connectivity index (χ0n) is 15.7. The third-order valence-electron chi connectivity index (χ3n) is 4.46. The summed E-state index contributed by atoms with van der Waals surface area (Å²) in [5.74, 6) is 0.464. The Hall–Kier alpha value is -2.19. The van der Waals surface area contributed by atoms with E-state index in [1.165, 1.54) is 12.1 Å². The molecule has 3 aromatic rings. The molecule has 0 heterocycles. The number of hydrogen-bond acceptors (Lipinski definition) is 5. The quantitative estimate of drug-likeness (QED) is 0.320. The number of ether oxygens (including phenoxy) is 2. The Labute approximate surface area is 164 Å². The molecule has 0 saturated heterocycles. The maximum absolute atomic E-state index is 11.5. The van der Waals surface area contributed by atoms with Crippen LogP contribution < -0.4 is 4.74 Å². The molecular formula is C21H24O6S. The van der Waals surface area contributed by atoms with Gasteiger partial charge in [0.15, 0.2) is 0 Å². The number of hydrogen-bond donors (Lipinski definition) is 2. The van der Waals surface area contributed by atoms with Gasteiger partial charge in [0.1, 0.15) is 18.5 Å². The number of rotatable bonds is 9. The van der Waals surface area contributed by atoms with E-state index in [4.69, 9.17) is 9.47 Å². The van der Waals surface area contributed by atoms with Crippen LogP contribution in [0.5, 0.6) is 5.75 Å². The molecule has 0 fully saturated rings. The summed E-state index contributed by atoms with van der Waals surface area (Å²) < 4.78 is 43.8. The van der Waals surface area contributed by atoms with Crippen molar-refractivity contribution in [2.24, 2.45) is 0 Å². The molecule has 7 heteroatoms. The van der Waals surface area contributed by atoms with Crippen LogP contribution in [-0.4, -0.2) is 44.0 Å². The summed E-state index contributed by atoms with van der Waals surface area (Å²) in [5, 5.41) is 13.2. The Bertz CT molecular complexity index is 1060. The first kappa shape index (κ1) is 20.5. The van der Waals surface area contributed by atoms with E-state index in [-0.39, 0.29) is 18.1 Å². The molecule has 0 aromatic heterocycles. The van der Waals surface area contributed by atoms with Gasteiger partial charge < -0.3 is 14.6 Å². The van der Waals surface area contributed by atoms with E-state index in [0.29, 0.717) is 17.7 Å². The summed E-state index contributed by atoms with van der Waals surface area (Å²) in [4.78, 5) is -0.205. The van der Waals surface area contributed by atoms with Gasteiger partial charge in [-0.15, -0.1) is 0 Å². The minimum Gasteiger partial charge on any atom is -0.489 e. The van der Waals surface area contributed by atoms with E-state index in [9.17, 15) is 18.1 Å². The maximum atomic E-state index is 11.5. The minimum atomic E-state index is -4.34. The molecule has 0 aliphatic carbocycles. The highest BCUT2D eigenvalue weighted by atomic mass is 32.2. The fourth-order valence-corrected chi connectivity index (χ4v) is 3.52. The fourth-order valence-electron chi connectivity index (χ4n) is 3.01. The van der Waals surface area contributed by atoms with Crippen LogP contribution in [0, 0.1) is 0 Å². The van der Waals surface area contributed by atoms with Gasteiger partial charge in [0.05, 0.1) is 11.5 Å². The highest BCUT2D eigenvalue weighted by Crippen LogP contribution is 2.36. The Balaban J connectivity index is 1.95. The largest absolute Gasteiger partial charge is 0.489 e. The third kappa shape index (κ3) is 4.80. The van der Waals surface area contributed by atoms with Gasteiger partial charge in [-0.3, -0.25) is 4.55 Å². The molecule has 0 spiro atoms. The lowest BCUT2D eigenvalue weighted by Crippen LogP contribution is -2.23. The molecule has 0 aliphatic rings. The van der Waals surface area contributed by atoms with E-state index in [1.54, 1.807) is 6.07 Å². The van der Waals surface area contributed by atoms with Gasteiger partial charge in [0.2, 0.25) is 0 Å². The summed E-state index contributed by atoms with van der Waals surface area (Å²) >= 11 is 0. The van der Waals surface area contributed by atoms with Crippen molar-refractivity contribution >= 4 is 31.7 Å². The normalized spacial score (nSPS) is 13.1. The zero-order chi connectivity index (χ0) is 20.1. The van der Waals surface area contributed by atoms with Gasteiger partial charge in [-0.2, -0.15) is 8.42 Å². The number of fused-ring (bicyclic) bond motifs is 2. The maximum Gasteiger partial charge on any atom is 0.294 e. The van der Waals surface area contributed by atoms with Crippen molar-refractivity contribution in [3.63, 3.8) is 0 Å². The summed E-state index contributed by atoms with van der Waals surface area (Å²) in [7, 11) is -4.34. The van der Waals surface area contributed by atoms with Crippen LogP contribution in [-0.2, 0) is 14.9 Å². The average molecular weight is 404 g/mol. The lowest BCUT2D eigenvalue weighted by Gasteiger charge is -2.16. The molecule has 0 bridgehead atoms. The van der Waals surface area contributed by atoms with Crippen molar-refractivity contribution in [2.45, 2.75) is 30.8 Å². The van der Waals surface area contributed by atoms with Crippen molar-refractivity contribution in [1.29, 1.82) is 0 Å². The molecule has 1 atom stereocenters. The topological polar surface area (TPSA) is 93.1 Å². The number of benzene rings is 3. The molecule has 1 unspecified atom stereocenters. The molecule has 6 nitrogen and oxygen atoms in total. The monoisotopic (exact) mass is 404 g/mol. The van der Waals surface area contributed by atoms with Crippen LogP contribution in [0.2, 0.25) is 0 Å². The van der Waals surface area contributed by atoms with Crippen molar-refractivity contribution in [2.75, 3.05) is 19.8 Å². The van der Waals surface area contributed by atoms with Gasteiger partial charge in [-0.1, -0.05) is 43.7 Å². The standard InChI is InChI=1S/C21H24O6S/c1-2-3-10-26-13-17(22)14-27-21-19-7-5-4-6-15(19)11-16-8-9-18(12-20(16)21)28(23,24)25/h4-9,11-12,17,22H,2-3,10,13-14H2,1H3,(H,23,24,25). The Kier molecular flexibility index (Phi) is 6.51. The third-order valence-corrected chi connectivity index (χ3v) is 5.31. The van der Waals surface area contributed by atoms with E-state index >= 15 is 0 Å². The summed E-state index contributed by atoms with van der Waals surface area (Å²) in [6, 6.07) is 13.9. The first-order chi connectivity index (χ1) is 13.4. The predicted octanol–water partition coefficient (Wildman–Crippen LogP) is 3.80. The Morgan fingerprint density at radius 3 is 2.50 bits per heavy atom. The van der Waals surface area contributed by atoms with E-state index in [1.807, 2.05) is 30.3 Å². The first-order valence-corrected chi connectivity index (χ1v) is 10.7. The van der Waals surface area contributed by atoms with Gasteiger partial charge in [-0.25, -0.2) is 0 Å². The number of aliphatic hydroxyl groups excluding tert-OH is 1. The van der Waals surface area contributed by atoms with E-state index in [2.05, 4.69) is 6.92 Å². The summed E-state index contributed by atoms with van der Waals surface area (Å²) in [6.07, 6.45) is 1.14. The molecule has 3 rings (SSSR count). The molecule has 2 N–H and O–H groups in total.